The van der Waals surface area contributed by atoms with E-state index in [2.05, 4.69) is 50.1 Å². The standard InChI is InChI=1S/C19H28N2O2/c1-13-6-5-7-15-14(12-20-18(13)15)8-9-17(23)21-16(10-11-22)19(2,3)4/h5-7,12,16,20,22H,8-11H2,1-4H3,(H,21,23). The molecule has 0 aliphatic rings. The molecule has 0 aliphatic heterocycles. The molecule has 126 valence electrons. The van der Waals surface area contributed by atoms with Crippen molar-refractivity contribution in [3.63, 3.8) is 0 Å². The number of amides is 1. The molecule has 0 fully saturated rings. The van der Waals surface area contributed by atoms with Crippen LogP contribution in [0.3, 0.4) is 0 Å². The zero-order valence-electron chi connectivity index (χ0n) is 14.6. The lowest BCUT2D eigenvalue weighted by atomic mass is 9.85. The highest BCUT2D eigenvalue weighted by atomic mass is 16.3. The molecular formula is C19H28N2O2. The van der Waals surface area contributed by atoms with Gasteiger partial charge in [-0.2, -0.15) is 0 Å². The zero-order valence-corrected chi connectivity index (χ0v) is 14.6. The molecule has 1 unspecified atom stereocenters. The van der Waals surface area contributed by atoms with Gasteiger partial charge in [0, 0.05) is 36.2 Å². The minimum atomic E-state index is -0.0592. The fraction of sp³-hybridized carbons (Fsp3) is 0.526. The van der Waals surface area contributed by atoms with Crippen LogP contribution in [-0.2, 0) is 11.2 Å². The van der Waals surface area contributed by atoms with E-state index in [1.807, 2.05) is 12.3 Å². The number of hydrogen-bond acceptors (Lipinski definition) is 2. The molecule has 1 atom stereocenters. The third-order valence-corrected chi connectivity index (χ3v) is 4.43. The van der Waals surface area contributed by atoms with E-state index < -0.39 is 0 Å². The number of aliphatic hydroxyl groups excluding tert-OH is 1. The SMILES string of the molecule is Cc1cccc2c(CCC(=O)NC(CCO)C(C)(C)C)c[nH]c12. The normalized spacial score (nSPS) is 13.3. The van der Waals surface area contributed by atoms with E-state index in [4.69, 9.17) is 0 Å². The molecule has 0 spiro atoms. The summed E-state index contributed by atoms with van der Waals surface area (Å²) in [5, 5.41) is 13.4. The van der Waals surface area contributed by atoms with Gasteiger partial charge in [-0.25, -0.2) is 0 Å². The van der Waals surface area contributed by atoms with Crippen LogP contribution in [0.5, 0.6) is 0 Å². The first kappa shape index (κ1) is 17.5. The summed E-state index contributed by atoms with van der Waals surface area (Å²) in [5.41, 5.74) is 3.48. The number of para-hydroxylation sites is 1. The number of aromatic amines is 1. The van der Waals surface area contributed by atoms with Crippen molar-refractivity contribution in [2.75, 3.05) is 6.61 Å². The second-order valence-corrected chi connectivity index (χ2v) is 7.31. The van der Waals surface area contributed by atoms with Crippen LogP contribution >= 0.6 is 0 Å². The number of hydrogen-bond donors (Lipinski definition) is 3. The molecule has 0 bridgehead atoms. The van der Waals surface area contributed by atoms with Gasteiger partial charge in [0.15, 0.2) is 0 Å². The lowest BCUT2D eigenvalue weighted by Gasteiger charge is -2.31. The quantitative estimate of drug-likeness (QED) is 0.765. The number of carbonyl (C=O) groups excluding carboxylic acids is 1. The third kappa shape index (κ3) is 4.35. The second-order valence-electron chi connectivity index (χ2n) is 7.31. The van der Waals surface area contributed by atoms with Crippen molar-refractivity contribution in [1.29, 1.82) is 0 Å². The van der Waals surface area contributed by atoms with E-state index in [0.29, 0.717) is 19.3 Å². The van der Waals surface area contributed by atoms with Crippen LogP contribution in [0.25, 0.3) is 10.9 Å². The van der Waals surface area contributed by atoms with Crippen LogP contribution in [0.15, 0.2) is 24.4 Å². The number of nitrogens with one attached hydrogen (secondary N) is 2. The van der Waals surface area contributed by atoms with Crippen molar-refractivity contribution in [3.8, 4) is 0 Å². The Balaban J connectivity index is 1.99. The average molecular weight is 316 g/mol. The molecule has 1 heterocycles. The highest BCUT2D eigenvalue weighted by molar-refractivity contribution is 5.86. The summed E-state index contributed by atoms with van der Waals surface area (Å²) in [5.74, 6) is 0.0420. The van der Waals surface area contributed by atoms with Gasteiger partial charge in [0.05, 0.1) is 0 Å². The maximum absolute atomic E-state index is 12.3. The Morgan fingerprint density at radius 1 is 1.35 bits per heavy atom. The van der Waals surface area contributed by atoms with E-state index in [1.54, 1.807) is 0 Å². The Bertz CT molecular complexity index is 668. The highest BCUT2D eigenvalue weighted by Gasteiger charge is 2.25. The number of fused-ring (bicyclic) bond motifs is 1. The Hall–Kier alpha value is -1.81. The van der Waals surface area contributed by atoms with Crippen molar-refractivity contribution >= 4 is 16.8 Å². The first-order valence-corrected chi connectivity index (χ1v) is 8.28. The van der Waals surface area contributed by atoms with Crippen LogP contribution in [0.1, 0.15) is 44.7 Å². The molecule has 3 N–H and O–H groups in total. The molecule has 0 aliphatic carbocycles. The van der Waals surface area contributed by atoms with Gasteiger partial charge >= 0.3 is 0 Å². The summed E-state index contributed by atoms with van der Waals surface area (Å²) in [6, 6.07) is 6.21. The summed E-state index contributed by atoms with van der Waals surface area (Å²) in [7, 11) is 0. The van der Waals surface area contributed by atoms with E-state index >= 15 is 0 Å². The number of benzene rings is 1. The molecule has 0 saturated carbocycles. The molecule has 1 aromatic heterocycles. The molecule has 2 aromatic rings. The van der Waals surface area contributed by atoms with Crippen LogP contribution < -0.4 is 5.32 Å². The van der Waals surface area contributed by atoms with Gasteiger partial charge in [-0.3, -0.25) is 4.79 Å². The van der Waals surface area contributed by atoms with Crippen molar-refractivity contribution in [2.45, 2.75) is 53.0 Å². The summed E-state index contributed by atoms with van der Waals surface area (Å²) >= 11 is 0. The topological polar surface area (TPSA) is 65.1 Å². The number of carbonyl (C=O) groups is 1. The Kier molecular flexibility index (Phi) is 5.47. The Morgan fingerprint density at radius 2 is 2.09 bits per heavy atom. The molecule has 0 saturated heterocycles. The van der Waals surface area contributed by atoms with Crippen molar-refractivity contribution < 1.29 is 9.90 Å². The minimum Gasteiger partial charge on any atom is -0.396 e. The molecule has 4 nitrogen and oxygen atoms in total. The van der Waals surface area contributed by atoms with E-state index in [1.165, 1.54) is 16.5 Å². The molecular weight excluding hydrogens is 288 g/mol. The monoisotopic (exact) mass is 316 g/mol. The van der Waals surface area contributed by atoms with E-state index in [-0.39, 0.29) is 24.0 Å². The highest BCUT2D eigenvalue weighted by Crippen LogP contribution is 2.23. The zero-order chi connectivity index (χ0) is 17.0. The smallest absolute Gasteiger partial charge is 0.220 e. The number of aromatic nitrogens is 1. The number of rotatable bonds is 6. The van der Waals surface area contributed by atoms with Crippen molar-refractivity contribution in [3.05, 3.63) is 35.5 Å². The van der Waals surface area contributed by atoms with Crippen LogP contribution in [0.2, 0.25) is 0 Å². The molecule has 23 heavy (non-hydrogen) atoms. The van der Waals surface area contributed by atoms with Gasteiger partial charge in [0.1, 0.15) is 0 Å². The largest absolute Gasteiger partial charge is 0.396 e. The molecule has 2 rings (SSSR count). The lowest BCUT2D eigenvalue weighted by molar-refractivity contribution is -0.122. The average Bonchev–Trinajstić information content (AvgIpc) is 2.88. The van der Waals surface area contributed by atoms with E-state index in [0.717, 1.165) is 5.52 Å². The first-order valence-electron chi connectivity index (χ1n) is 8.28. The Morgan fingerprint density at radius 3 is 2.74 bits per heavy atom. The van der Waals surface area contributed by atoms with Crippen LogP contribution in [-0.4, -0.2) is 28.6 Å². The minimum absolute atomic E-state index is 0.00906. The number of H-pyrrole nitrogens is 1. The van der Waals surface area contributed by atoms with Gasteiger partial charge in [-0.15, -0.1) is 0 Å². The maximum atomic E-state index is 12.3. The van der Waals surface area contributed by atoms with Crippen LogP contribution in [0.4, 0.5) is 0 Å². The number of aliphatic hydroxyl groups is 1. The maximum Gasteiger partial charge on any atom is 0.220 e. The molecule has 1 amide bonds. The van der Waals surface area contributed by atoms with Gasteiger partial charge < -0.3 is 15.4 Å². The lowest BCUT2D eigenvalue weighted by Crippen LogP contribution is -2.44. The predicted molar refractivity (Wildman–Crippen MR) is 94.4 cm³/mol. The predicted octanol–water partition coefficient (Wildman–Crippen LogP) is 3.32. The molecule has 0 radical (unpaired) electrons. The van der Waals surface area contributed by atoms with Gasteiger partial charge in [-0.05, 0) is 36.3 Å². The fourth-order valence-corrected chi connectivity index (χ4v) is 2.94. The third-order valence-electron chi connectivity index (χ3n) is 4.43. The summed E-state index contributed by atoms with van der Waals surface area (Å²) in [6.45, 7) is 8.41. The van der Waals surface area contributed by atoms with E-state index in [9.17, 15) is 9.90 Å². The van der Waals surface area contributed by atoms with Gasteiger partial charge in [0.2, 0.25) is 5.91 Å². The summed E-state index contributed by atoms with van der Waals surface area (Å²) in [6.07, 6.45) is 3.76. The summed E-state index contributed by atoms with van der Waals surface area (Å²) in [4.78, 5) is 15.6. The molecule has 1 aromatic carbocycles. The fourth-order valence-electron chi connectivity index (χ4n) is 2.94. The van der Waals surface area contributed by atoms with Gasteiger partial charge in [-0.1, -0.05) is 39.0 Å². The second kappa shape index (κ2) is 7.18. The number of aryl methyl sites for hydroxylation is 2. The van der Waals surface area contributed by atoms with Gasteiger partial charge in [0.25, 0.3) is 0 Å². The Labute approximate surface area is 138 Å². The van der Waals surface area contributed by atoms with Crippen molar-refractivity contribution in [2.24, 2.45) is 5.41 Å². The van der Waals surface area contributed by atoms with Crippen molar-refractivity contribution in [1.82, 2.24) is 10.3 Å². The summed E-state index contributed by atoms with van der Waals surface area (Å²) < 4.78 is 0. The molecule has 4 heteroatoms. The van der Waals surface area contributed by atoms with Crippen LogP contribution in [0, 0.1) is 12.3 Å². The first-order chi connectivity index (χ1) is 10.8.